The minimum atomic E-state index is -1.19. The second-order valence-corrected chi connectivity index (χ2v) is 2.38. The molecule has 6 heteroatoms. The molecule has 4 N–H and O–H groups in total. The molecule has 0 unspecified atom stereocenters. The van der Waals surface area contributed by atoms with Crippen molar-refractivity contribution in [3.05, 3.63) is 24.3 Å². The molecular weight excluding hydrogens is 188 g/mol. The Balaban J connectivity index is 2.78. The summed E-state index contributed by atoms with van der Waals surface area (Å²) < 4.78 is 4.54. The fourth-order valence-electron chi connectivity index (χ4n) is 0.877. The van der Waals surface area contributed by atoms with Crippen LogP contribution in [-0.4, -0.2) is 17.3 Å². The van der Waals surface area contributed by atoms with E-state index in [0.717, 1.165) is 0 Å². The van der Waals surface area contributed by atoms with Crippen molar-refractivity contribution in [3.63, 3.8) is 0 Å². The van der Waals surface area contributed by atoms with E-state index in [1.54, 1.807) is 0 Å². The normalized spacial score (nSPS) is 9.14. The van der Waals surface area contributed by atoms with Crippen LogP contribution in [0.2, 0.25) is 0 Å². The SMILES string of the molecule is NC(=O)Oc1cccc(NC(=O)O)c1. The van der Waals surface area contributed by atoms with E-state index < -0.39 is 12.2 Å². The van der Waals surface area contributed by atoms with Crippen molar-refractivity contribution in [2.45, 2.75) is 0 Å². The molecule has 0 aliphatic heterocycles. The minimum absolute atomic E-state index is 0.184. The zero-order chi connectivity index (χ0) is 10.6. The van der Waals surface area contributed by atoms with Crippen LogP contribution < -0.4 is 15.8 Å². The molecule has 74 valence electrons. The molecule has 2 amide bonds. The number of nitrogens with one attached hydrogen (secondary N) is 1. The van der Waals surface area contributed by atoms with Crippen molar-refractivity contribution in [1.29, 1.82) is 0 Å². The Bertz CT molecular complexity index is 333. The van der Waals surface area contributed by atoms with E-state index in [9.17, 15) is 9.59 Å². The molecule has 0 fully saturated rings. The fourth-order valence-corrected chi connectivity index (χ4v) is 0.877. The molecule has 6 nitrogen and oxygen atoms in total. The van der Waals surface area contributed by atoms with E-state index in [2.05, 4.69) is 10.1 Å². The molecule has 0 aromatic heterocycles. The number of nitrogens with two attached hydrogens (primary N) is 1. The third-order valence-electron chi connectivity index (χ3n) is 1.30. The van der Waals surface area contributed by atoms with Crippen molar-refractivity contribution in [2.75, 3.05) is 5.32 Å². The lowest BCUT2D eigenvalue weighted by Crippen LogP contribution is -2.16. The Kier molecular flexibility index (Phi) is 2.90. The molecule has 0 aliphatic rings. The average molecular weight is 196 g/mol. The van der Waals surface area contributed by atoms with E-state index in [1.165, 1.54) is 24.3 Å². The third-order valence-corrected chi connectivity index (χ3v) is 1.30. The number of carboxylic acid groups (broad SMARTS) is 1. The van der Waals surface area contributed by atoms with Crippen molar-refractivity contribution in [1.82, 2.24) is 0 Å². The number of carbonyl (C=O) groups is 2. The minimum Gasteiger partial charge on any atom is -0.465 e. The smallest absolute Gasteiger partial charge is 0.409 e. The maximum Gasteiger partial charge on any atom is 0.409 e. The quantitative estimate of drug-likeness (QED) is 0.662. The predicted molar refractivity (Wildman–Crippen MR) is 48.3 cm³/mol. The number of primary amides is 1. The third kappa shape index (κ3) is 3.02. The van der Waals surface area contributed by atoms with Gasteiger partial charge in [-0.3, -0.25) is 5.32 Å². The van der Waals surface area contributed by atoms with Crippen LogP contribution in [0.5, 0.6) is 5.75 Å². The van der Waals surface area contributed by atoms with Crippen LogP contribution in [-0.2, 0) is 0 Å². The summed E-state index contributed by atoms with van der Waals surface area (Å²) in [6.07, 6.45) is -2.14. The predicted octanol–water partition coefficient (Wildman–Crippen LogP) is 1.23. The molecule has 0 atom stereocenters. The summed E-state index contributed by atoms with van der Waals surface area (Å²) in [6, 6.07) is 5.88. The standard InChI is InChI=1S/C8H8N2O4/c9-7(11)14-6-3-1-2-5(4-6)10-8(12)13/h1-4,10H,(H2,9,11)(H,12,13). The highest BCUT2D eigenvalue weighted by atomic mass is 16.5. The summed E-state index contributed by atoms with van der Waals surface area (Å²) >= 11 is 0. The largest absolute Gasteiger partial charge is 0.465 e. The van der Waals surface area contributed by atoms with Crippen LogP contribution in [0.15, 0.2) is 24.3 Å². The summed E-state index contributed by atoms with van der Waals surface area (Å²) in [5.74, 6) is 0.184. The first kappa shape index (κ1) is 9.85. The van der Waals surface area contributed by atoms with Crippen LogP contribution in [0.1, 0.15) is 0 Å². The van der Waals surface area contributed by atoms with E-state index in [4.69, 9.17) is 10.8 Å². The highest BCUT2D eigenvalue weighted by Crippen LogP contribution is 2.16. The number of carbonyl (C=O) groups excluding carboxylic acids is 1. The van der Waals surface area contributed by atoms with Crippen molar-refractivity contribution < 1.29 is 19.4 Å². The Morgan fingerprint density at radius 2 is 2.14 bits per heavy atom. The summed E-state index contributed by atoms with van der Waals surface area (Å²) in [5.41, 5.74) is 5.08. The van der Waals surface area contributed by atoms with Gasteiger partial charge in [0.25, 0.3) is 0 Å². The van der Waals surface area contributed by atoms with Crippen LogP contribution in [0.25, 0.3) is 0 Å². The highest BCUT2D eigenvalue weighted by Gasteiger charge is 2.01. The number of hydrogen-bond acceptors (Lipinski definition) is 3. The molecule has 0 saturated heterocycles. The number of anilines is 1. The number of rotatable bonds is 2. The van der Waals surface area contributed by atoms with Crippen molar-refractivity contribution in [3.8, 4) is 5.75 Å². The molecule has 1 aromatic rings. The molecule has 1 rings (SSSR count). The zero-order valence-electron chi connectivity index (χ0n) is 7.06. The van der Waals surface area contributed by atoms with Crippen LogP contribution in [0, 0.1) is 0 Å². The first-order chi connectivity index (χ1) is 6.58. The number of benzene rings is 1. The maximum absolute atomic E-state index is 10.4. The van der Waals surface area contributed by atoms with Gasteiger partial charge in [-0.2, -0.15) is 0 Å². The van der Waals surface area contributed by atoms with Gasteiger partial charge in [0.2, 0.25) is 0 Å². The van der Waals surface area contributed by atoms with Crippen LogP contribution >= 0.6 is 0 Å². The molecule has 0 saturated carbocycles. The summed E-state index contributed by atoms with van der Waals surface area (Å²) in [5, 5.41) is 10.5. The molecular formula is C8H8N2O4. The van der Waals surface area contributed by atoms with Gasteiger partial charge in [-0.25, -0.2) is 9.59 Å². The maximum atomic E-state index is 10.4. The molecule has 0 heterocycles. The lowest BCUT2D eigenvalue weighted by atomic mass is 10.3. The van der Waals surface area contributed by atoms with Gasteiger partial charge >= 0.3 is 12.2 Å². The van der Waals surface area contributed by atoms with Gasteiger partial charge in [-0.1, -0.05) is 6.07 Å². The highest BCUT2D eigenvalue weighted by molar-refractivity contribution is 5.83. The molecule has 0 spiro atoms. The topological polar surface area (TPSA) is 102 Å². The van der Waals surface area contributed by atoms with Gasteiger partial charge in [0.1, 0.15) is 5.75 Å². The number of amides is 2. The Hall–Kier alpha value is -2.24. The monoisotopic (exact) mass is 196 g/mol. The second kappa shape index (κ2) is 4.13. The first-order valence-corrected chi connectivity index (χ1v) is 3.65. The van der Waals surface area contributed by atoms with E-state index in [-0.39, 0.29) is 5.75 Å². The zero-order valence-corrected chi connectivity index (χ0v) is 7.06. The molecule has 0 bridgehead atoms. The second-order valence-electron chi connectivity index (χ2n) is 2.38. The van der Waals surface area contributed by atoms with E-state index >= 15 is 0 Å². The Morgan fingerprint density at radius 3 is 2.71 bits per heavy atom. The van der Waals surface area contributed by atoms with Crippen molar-refractivity contribution in [2.24, 2.45) is 5.73 Å². The summed E-state index contributed by atoms with van der Waals surface area (Å²) in [6.45, 7) is 0. The fraction of sp³-hybridized carbons (Fsp3) is 0. The molecule has 0 aliphatic carbocycles. The van der Waals surface area contributed by atoms with Gasteiger partial charge in [-0.05, 0) is 12.1 Å². The summed E-state index contributed by atoms with van der Waals surface area (Å²) in [4.78, 5) is 20.6. The first-order valence-electron chi connectivity index (χ1n) is 3.65. The average Bonchev–Trinajstić information content (AvgIpc) is 2.01. The van der Waals surface area contributed by atoms with Gasteiger partial charge in [0.05, 0.1) is 0 Å². The lowest BCUT2D eigenvalue weighted by Gasteiger charge is -2.03. The number of ether oxygens (including phenoxy) is 1. The van der Waals surface area contributed by atoms with Crippen LogP contribution in [0.3, 0.4) is 0 Å². The van der Waals surface area contributed by atoms with E-state index in [0.29, 0.717) is 5.69 Å². The van der Waals surface area contributed by atoms with Crippen molar-refractivity contribution >= 4 is 17.9 Å². The Labute approximate surface area is 79.3 Å². The van der Waals surface area contributed by atoms with Gasteiger partial charge in [0.15, 0.2) is 0 Å². The summed E-state index contributed by atoms with van der Waals surface area (Å²) in [7, 11) is 0. The molecule has 14 heavy (non-hydrogen) atoms. The molecule has 0 radical (unpaired) electrons. The number of hydrogen-bond donors (Lipinski definition) is 3. The Morgan fingerprint density at radius 1 is 1.43 bits per heavy atom. The van der Waals surface area contributed by atoms with Gasteiger partial charge < -0.3 is 15.6 Å². The van der Waals surface area contributed by atoms with Gasteiger partial charge in [-0.15, -0.1) is 0 Å². The molecule has 1 aromatic carbocycles. The van der Waals surface area contributed by atoms with Gasteiger partial charge in [0, 0.05) is 11.8 Å². The van der Waals surface area contributed by atoms with Crippen LogP contribution in [0.4, 0.5) is 15.3 Å². The van der Waals surface area contributed by atoms with E-state index in [1.807, 2.05) is 0 Å². The lowest BCUT2D eigenvalue weighted by molar-refractivity contribution is 0.209.